The van der Waals surface area contributed by atoms with Gasteiger partial charge in [0.15, 0.2) is 6.10 Å². The van der Waals surface area contributed by atoms with Gasteiger partial charge in [-0.05, 0) is 38.8 Å². The number of ether oxygens (including phenoxy) is 1. The number of anilines is 1. The molecule has 0 bridgehead atoms. The van der Waals surface area contributed by atoms with Gasteiger partial charge in [-0.25, -0.2) is 9.97 Å². The first-order valence-corrected chi connectivity index (χ1v) is 9.58. The van der Waals surface area contributed by atoms with Gasteiger partial charge in [0.1, 0.15) is 17.4 Å². The fourth-order valence-corrected chi connectivity index (χ4v) is 3.30. The molecule has 6 heteroatoms. The Bertz CT molecular complexity index is 801. The molecular weight excluding hydrogens is 340 g/mol. The molecule has 1 aromatic heterocycles. The molecule has 2 heterocycles. The molecule has 1 aliphatic rings. The van der Waals surface area contributed by atoms with Crippen molar-refractivity contribution in [2.75, 3.05) is 31.1 Å². The van der Waals surface area contributed by atoms with Crippen molar-refractivity contribution in [3.05, 3.63) is 47.4 Å². The SMILES string of the molecule is CCc1cc(N2CCN(C(=O)C(C)Oc3ccccc3C)CC2)nc(C)n1. The first-order chi connectivity index (χ1) is 13.0. The van der Waals surface area contributed by atoms with Gasteiger partial charge in [-0.1, -0.05) is 25.1 Å². The van der Waals surface area contributed by atoms with Crippen LogP contribution >= 0.6 is 0 Å². The topological polar surface area (TPSA) is 58.6 Å². The summed E-state index contributed by atoms with van der Waals surface area (Å²) in [4.78, 5) is 25.9. The fourth-order valence-electron chi connectivity index (χ4n) is 3.30. The summed E-state index contributed by atoms with van der Waals surface area (Å²) in [7, 11) is 0. The predicted octanol–water partition coefficient (Wildman–Crippen LogP) is 2.77. The maximum atomic E-state index is 12.8. The molecule has 1 aliphatic heterocycles. The number of rotatable bonds is 5. The molecule has 1 fully saturated rings. The molecule has 0 radical (unpaired) electrons. The number of piperazine rings is 1. The average molecular weight is 368 g/mol. The van der Waals surface area contributed by atoms with Crippen LogP contribution < -0.4 is 9.64 Å². The lowest BCUT2D eigenvalue weighted by atomic mass is 10.2. The van der Waals surface area contributed by atoms with Gasteiger partial charge in [-0.2, -0.15) is 0 Å². The molecule has 1 aromatic carbocycles. The Hall–Kier alpha value is -2.63. The summed E-state index contributed by atoms with van der Waals surface area (Å²) in [6.07, 6.45) is 0.397. The summed E-state index contributed by atoms with van der Waals surface area (Å²) in [5, 5.41) is 0. The van der Waals surface area contributed by atoms with Gasteiger partial charge in [0.25, 0.3) is 5.91 Å². The first kappa shape index (κ1) is 19.1. The summed E-state index contributed by atoms with van der Waals surface area (Å²) < 4.78 is 5.89. The Labute approximate surface area is 161 Å². The average Bonchev–Trinajstić information content (AvgIpc) is 2.68. The lowest BCUT2D eigenvalue weighted by molar-refractivity contribution is -0.138. The van der Waals surface area contributed by atoms with Crippen molar-refractivity contribution in [3.8, 4) is 5.75 Å². The minimum Gasteiger partial charge on any atom is -0.481 e. The van der Waals surface area contributed by atoms with Crippen LogP contribution in [-0.2, 0) is 11.2 Å². The second-order valence-corrected chi connectivity index (χ2v) is 6.96. The van der Waals surface area contributed by atoms with Gasteiger partial charge >= 0.3 is 0 Å². The number of nitrogens with zero attached hydrogens (tertiary/aromatic N) is 4. The van der Waals surface area contributed by atoms with Crippen molar-refractivity contribution in [3.63, 3.8) is 0 Å². The van der Waals surface area contributed by atoms with E-state index in [2.05, 4.69) is 21.8 Å². The van der Waals surface area contributed by atoms with Crippen molar-refractivity contribution in [1.82, 2.24) is 14.9 Å². The number of aromatic nitrogens is 2. The van der Waals surface area contributed by atoms with Crippen LogP contribution in [0.25, 0.3) is 0 Å². The number of carbonyl (C=O) groups is 1. The van der Waals surface area contributed by atoms with Gasteiger partial charge in [0.2, 0.25) is 0 Å². The van der Waals surface area contributed by atoms with E-state index in [1.807, 2.05) is 56.0 Å². The number of hydrogen-bond acceptors (Lipinski definition) is 5. The van der Waals surface area contributed by atoms with Crippen LogP contribution in [0.15, 0.2) is 30.3 Å². The molecule has 2 aromatic rings. The summed E-state index contributed by atoms with van der Waals surface area (Å²) in [5.74, 6) is 2.55. The van der Waals surface area contributed by atoms with Crippen molar-refractivity contribution in [1.29, 1.82) is 0 Å². The molecule has 0 aliphatic carbocycles. The van der Waals surface area contributed by atoms with E-state index in [9.17, 15) is 4.79 Å². The van der Waals surface area contributed by atoms with Crippen molar-refractivity contribution >= 4 is 11.7 Å². The Morgan fingerprint density at radius 1 is 1.15 bits per heavy atom. The van der Waals surface area contributed by atoms with E-state index in [0.29, 0.717) is 13.1 Å². The lowest BCUT2D eigenvalue weighted by Crippen LogP contribution is -2.52. The maximum absolute atomic E-state index is 12.8. The molecule has 0 spiro atoms. The third-order valence-corrected chi connectivity index (χ3v) is 4.90. The van der Waals surface area contributed by atoms with Crippen LogP contribution in [0, 0.1) is 13.8 Å². The van der Waals surface area contributed by atoms with Crippen LogP contribution in [-0.4, -0.2) is 53.1 Å². The van der Waals surface area contributed by atoms with E-state index in [0.717, 1.165) is 48.2 Å². The van der Waals surface area contributed by atoms with E-state index >= 15 is 0 Å². The molecule has 1 saturated heterocycles. The Morgan fingerprint density at radius 3 is 2.52 bits per heavy atom. The molecule has 27 heavy (non-hydrogen) atoms. The van der Waals surface area contributed by atoms with Crippen LogP contribution in [0.4, 0.5) is 5.82 Å². The highest BCUT2D eigenvalue weighted by atomic mass is 16.5. The monoisotopic (exact) mass is 368 g/mol. The van der Waals surface area contributed by atoms with Crippen LogP contribution in [0.2, 0.25) is 0 Å². The highest BCUT2D eigenvalue weighted by molar-refractivity contribution is 5.81. The minimum atomic E-state index is -0.495. The number of benzene rings is 1. The summed E-state index contributed by atoms with van der Waals surface area (Å²) in [6, 6.07) is 9.83. The van der Waals surface area contributed by atoms with Gasteiger partial charge in [0.05, 0.1) is 0 Å². The third kappa shape index (κ3) is 4.56. The molecule has 0 N–H and O–H groups in total. The highest BCUT2D eigenvalue weighted by Crippen LogP contribution is 2.20. The quantitative estimate of drug-likeness (QED) is 0.812. The van der Waals surface area contributed by atoms with Crippen LogP contribution in [0.1, 0.15) is 30.9 Å². The van der Waals surface area contributed by atoms with Crippen LogP contribution in [0.3, 0.4) is 0 Å². The molecule has 0 saturated carbocycles. The van der Waals surface area contributed by atoms with Gasteiger partial charge in [0, 0.05) is 37.9 Å². The predicted molar refractivity (Wildman–Crippen MR) is 106 cm³/mol. The lowest BCUT2D eigenvalue weighted by Gasteiger charge is -2.36. The smallest absolute Gasteiger partial charge is 0.263 e. The summed E-state index contributed by atoms with van der Waals surface area (Å²) in [5.41, 5.74) is 2.09. The summed E-state index contributed by atoms with van der Waals surface area (Å²) in [6.45, 7) is 10.7. The molecule has 3 rings (SSSR count). The first-order valence-electron chi connectivity index (χ1n) is 9.58. The molecule has 1 amide bonds. The standard InChI is InChI=1S/C21H28N4O2/c1-5-18-14-20(23-17(4)22-18)24-10-12-25(13-11-24)21(26)16(3)27-19-9-7-6-8-15(19)2/h6-9,14,16H,5,10-13H2,1-4H3. The third-order valence-electron chi connectivity index (χ3n) is 4.90. The van der Waals surface area contributed by atoms with E-state index in [1.54, 1.807) is 0 Å². The van der Waals surface area contributed by atoms with Crippen molar-refractivity contribution < 1.29 is 9.53 Å². The zero-order valence-corrected chi connectivity index (χ0v) is 16.6. The van der Waals surface area contributed by atoms with E-state index < -0.39 is 6.10 Å². The van der Waals surface area contributed by atoms with Crippen LogP contribution in [0.5, 0.6) is 5.75 Å². The summed E-state index contributed by atoms with van der Waals surface area (Å²) >= 11 is 0. The molecule has 144 valence electrons. The maximum Gasteiger partial charge on any atom is 0.263 e. The molecule has 1 atom stereocenters. The fraction of sp³-hybridized carbons (Fsp3) is 0.476. The highest BCUT2D eigenvalue weighted by Gasteiger charge is 2.27. The van der Waals surface area contributed by atoms with Gasteiger partial charge in [-0.3, -0.25) is 4.79 Å². The number of carbonyl (C=O) groups excluding carboxylic acids is 1. The zero-order valence-electron chi connectivity index (χ0n) is 16.6. The Kier molecular flexibility index (Phi) is 5.94. The van der Waals surface area contributed by atoms with E-state index in [1.165, 1.54) is 0 Å². The molecule has 1 unspecified atom stereocenters. The molecule has 6 nitrogen and oxygen atoms in total. The Balaban J connectivity index is 1.59. The van der Waals surface area contributed by atoms with E-state index in [-0.39, 0.29) is 5.91 Å². The van der Waals surface area contributed by atoms with Crippen molar-refractivity contribution in [2.24, 2.45) is 0 Å². The largest absolute Gasteiger partial charge is 0.481 e. The van der Waals surface area contributed by atoms with Crippen molar-refractivity contribution in [2.45, 2.75) is 40.2 Å². The molecular formula is C21H28N4O2. The number of para-hydroxylation sites is 1. The number of amides is 1. The second-order valence-electron chi connectivity index (χ2n) is 6.96. The second kappa shape index (κ2) is 8.37. The number of aryl methyl sites for hydroxylation is 3. The number of hydrogen-bond donors (Lipinski definition) is 0. The Morgan fingerprint density at radius 2 is 1.85 bits per heavy atom. The van der Waals surface area contributed by atoms with Gasteiger partial charge in [-0.15, -0.1) is 0 Å². The normalized spacial score (nSPS) is 15.6. The minimum absolute atomic E-state index is 0.0334. The van der Waals surface area contributed by atoms with E-state index in [4.69, 9.17) is 4.74 Å². The van der Waals surface area contributed by atoms with Gasteiger partial charge < -0.3 is 14.5 Å². The zero-order chi connectivity index (χ0) is 19.4.